The summed E-state index contributed by atoms with van der Waals surface area (Å²) in [7, 11) is 0. The molecule has 1 saturated carbocycles. The number of benzene rings is 1. The van der Waals surface area contributed by atoms with E-state index in [0.717, 1.165) is 25.7 Å². The van der Waals surface area contributed by atoms with Crippen LogP contribution in [0.5, 0.6) is 0 Å². The molecule has 0 aromatic heterocycles. The van der Waals surface area contributed by atoms with Gasteiger partial charge in [0.2, 0.25) is 0 Å². The number of halogens is 3. The monoisotopic (exact) mass is 331 g/mol. The quantitative estimate of drug-likeness (QED) is 0.833. The molecule has 2 N–H and O–H groups in total. The Labute approximate surface area is 121 Å². The van der Waals surface area contributed by atoms with Crippen molar-refractivity contribution < 1.29 is 8.78 Å². The van der Waals surface area contributed by atoms with Crippen LogP contribution in [0.1, 0.15) is 50.6 Å². The van der Waals surface area contributed by atoms with Crippen LogP contribution >= 0.6 is 15.9 Å². The van der Waals surface area contributed by atoms with Gasteiger partial charge in [0.05, 0.1) is 0 Å². The SMILES string of the molecule is CCC1CCCC(C(N)c2c(F)cc(Br)cc2F)C1. The van der Waals surface area contributed by atoms with E-state index in [1.54, 1.807) is 0 Å². The highest BCUT2D eigenvalue weighted by atomic mass is 79.9. The topological polar surface area (TPSA) is 26.0 Å². The highest BCUT2D eigenvalue weighted by Gasteiger charge is 2.29. The van der Waals surface area contributed by atoms with Crippen LogP contribution in [0.2, 0.25) is 0 Å². The molecular formula is C15H20BrF2N. The van der Waals surface area contributed by atoms with E-state index in [2.05, 4.69) is 22.9 Å². The molecule has 4 heteroatoms. The lowest BCUT2D eigenvalue weighted by molar-refractivity contribution is 0.225. The summed E-state index contributed by atoms with van der Waals surface area (Å²) >= 11 is 3.09. The minimum Gasteiger partial charge on any atom is -0.324 e. The molecule has 3 unspecified atom stereocenters. The zero-order valence-electron chi connectivity index (χ0n) is 11.1. The maximum absolute atomic E-state index is 13.9. The van der Waals surface area contributed by atoms with Crippen LogP contribution in [0, 0.1) is 23.5 Å². The zero-order valence-corrected chi connectivity index (χ0v) is 12.7. The molecule has 1 aliphatic rings. The summed E-state index contributed by atoms with van der Waals surface area (Å²) in [5.74, 6) is -0.258. The highest BCUT2D eigenvalue weighted by molar-refractivity contribution is 9.10. The summed E-state index contributed by atoms with van der Waals surface area (Å²) in [4.78, 5) is 0. The van der Waals surface area contributed by atoms with Crippen LogP contribution in [0.25, 0.3) is 0 Å². The normalized spacial score (nSPS) is 25.3. The number of hydrogen-bond acceptors (Lipinski definition) is 1. The summed E-state index contributed by atoms with van der Waals surface area (Å²) in [5, 5.41) is 0. The van der Waals surface area contributed by atoms with Gasteiger partial charge in [0.1, 0.15) is 11.6 Å². The lowest BCUT2D eigenvalue weighted by atomic mass is 9.75. The van der Waals surface area contributed by atoms with Crippen molar-refractivity contribution in [2.24, 2.45) is 17.6 Å². The van der Waals surface area contributed by atoms with E-state index in [4.69, 9.17) is 5.73 Å². The summed E-state index contributed by atoms with van der Waals surface area (Å²) in [6.07, 6.45) is 5.38. The van der Waals surface area contributed by atoms with Crippen LogP contribution in [-0.2, 0) is 0 Å². The van der Waals surface area contributed by atoms with Gasteiger partial charge in [-0.05, 0) is 36.8 Å². The van der Waals surface area contributed by atoms with Gasteiger partial charge in [-0.25, -0.2) is 8.78 Å². The molecule has 2 rings (SSSR count). The molecule has 106 valence electrons. The van der Waals surface area contributed by atoms with Gasteiger partial charge in [-0.3, -0.25) is 0 Å². The van der Waals surface area contributed by atoms with E-state index >= 15 is 0 Å². The first-order valence-electron chi connectivity index (χ1n) is 6.93. The fraction of sp³-hybridized carbons (Fsp3) is 0.600. The van der Waals surface area contributed by atoms with Crippen LogP contribution in [-0.4, -0.2) is 0 Å². The average Bonchev–Trinajstić information content (AvgIpc) is 2.37. The van der Waals surface area contributed by atoms with Gasteiger partial charge in [0.25, 0.3) is 0 Å². The highest BCUT2D eigenvalue weighted by Crippen LogP contribution is 2.39. The molecule has 19 heavy (non-hydrogen) atoms. The first kappa shape index (κ1) is 14.9. The smallest absolute Gasteiger partial charge is 0.132 e. The van der Waals surface area contributed by atoms with Crippen LogP contribution < -0.4 is 5.73 Å². The Morgan fingerprint density at radius 1 is 1.32 bits per heavy atom. The van der Waals surface area contributed by atoms with Crippen molar-refractivity contribution >= 4 is 15.9 Å². The molecule has 0 amide bonds. The number of nitrogens with two attached hydrogens (primary N) is 1. The zero-order chi connectivity index (χ0) is 14.0. The van der Waals surface area contributed by atoms with Gasteiger partial charge in [-0.2, -0.15) is 0 Å². The van der Waals surface area contributed by atoms with Gasteiger partial charge in [0.15, 0.2) is 0 Å². The largest absolute Gasteiger partial charge is 0.324 e. The third-order valence-corrected chi connectivity index (χ3v) is 4.74. The van der Waals surface area contributed by atoms with E-state index in [-0.39, 0.29) is 11.5 Å². The lowest BCUT2D eigenvalue weighted by Crippen LogP contribution is -2.28. The van der Waals surface area contributed by atoms with Gasteiger partial charge in [0, 0.05) is 16.1 Å². The Hall–Kier alpha value is -0.480. The Morgan fingerprint density at radius 2 is 1.95 bits per heavy atom. The minimum absolute atomic E-state index is 0.0463. The van der Waals surface area contributed by atoms with E-state index in [0.29, 0.717) is 10.4 Å². The molecule has 3 atom stereocenters. The molecular weight excluding hydrogens is 312 g/mol. The van der Waals surface area contributed by atoms with E-state index in [1.165, 1.54) is 18.6 Å². The summed E-state index contributed by atoms with van der Waals surface area (Å²) < 4.78 is 28.3. The number of rotatable bonds is 3. The van der Waals surface area contributed by atoms with Gasteiger partial charge in [-0.1, -0.05) is 42.1 Å². The Morgan fingerprint density at radius 3 is 2.53 bits per heavy atom. The molecule has 0 spiro atoms. The first-order valence-corrected chi connectivity index (χ1v) is 7.72. The molecule has 1 aromatic carbocycles. The maximum atomic E-state index is 13.9. The molecule has 1 aromatic rings. The number of hydrogen-bond donors (Lipinski definition) is 1. The molecule has 0 bridgehead atoms. The fourth-order valence-corrected chi connectivity index (χ4v) is 3.54. The molecule has 1 fully saturated rings. The van der Waals surface area contributed by atoms with Crippen molar-refractivity contribution in [2.75, 3.05) is 0 Å². The summed E-state index contributed by atoms with van der Waals surface area (Å²) in [6.45, 7) is 2.17. The van der Waals surface area contributed by atoms with Crippen molar-refractivity contribution in [3.63, 3.8) is 0 Å². The van der Waals surface area contributed by atoms with Gasteiger partial charge in [-0.15, -0.1) is 0 Å². The fourth-order valence-electron chi connectivity index (χ4n) is 3.14. The maximum Gasteiger partial charge on any atom is 0.132 e. The van der Waals surface area contributed by atoms with Crippen molar-refractivity contribution in [2.45, 2.75) is 45.1 Å². The Balaban J connectivity index is 2.21. The van der Waals surface area contributed by atoms with Gasteiger partial charge < -0.3 is 5.73 Å². The van der Waals surface area contributed by atoms with Crippen LogP contribution in [0.4, 0.5) is 8.78 Å². The molecule has 0 aliphatic heterocycles. The predicted octanol–water partition coefficient (Wildman–Crippen LogP) is 4.94. The molecule has 0 heterocycles. The van der Waals surface area contributed by atoms with E-state index in [1.807, 2.05) is 0 Å². The molecule has 1 nitrogen and oxygen atoms in total. The van der Waals surface area contributed by atoms with Crippen LogP contribution in [0.15, 0.2) is 16.6 Å². The van der Waals surface area contributed by atoms with Gasteiger partial charge >= 0.3 is 0 Å². The standard InChI is InChI=1S/C15H20BrF2N/c1-2-9-4-3-5-10(6-9)15(19)14-12(17)7-11(16)8-13(14)18/h7-10,15H,2-6,19H2,1H3. The first-order chi connectivity index (χ1) is 9.02. The lowest BCUT2D eigenvalue weighted by Gasteiger charge is -2.32. The molecule has 0 saturated heterocycles. The predicted molar refractivity (Wildman–Crippen MR) is 76.7 cm³/mol. The molecule has 0 radical (unpaired) electrons. The van der Waals surface area contributed by atoms with Crippen molar-refractivity contribution in [1.82, 2.24) is 0 Å². The summed E-state index contributed by atoms with van der Waals surface area (Å²) in [6, 6.07) is 2.04. The third-order valence-electron chi connectivity index (χ3n) is 4.29. The van der Waals surface area contributed by atoms with Crippen molar-refractivity contribution in [3.8, 4) is 0 Å². The van der Waals surface area contributed by atoms with E-state index in [9.17, 15) is 8.78 Å². The van der Waals surface area contributed by atoms with Crippen molar-refractivity contribution in [3.05, 3.63) is 33.8 Å². The van der Waals surface area contributed by atoms with E-state index < -0.39 is 17.7 Å². The summed E-state index contributed by atoms with van der Waals surface area (Å²) in [5.41, 5.74) is 6.19. The third kappa shape index (κ3) is 3.34. The molecule has 1 aliphatic carbocycles. The van der Waals surface area contributed by atoms with Crippen LogP contribution in [0.3, 0.4) is 0 Å². The second-order valence-corrected chi connectivity index (χ2v) is 6.43. The Kier molecular flexibility index (Phi) is 4.96. The minimum atomic E-state index is -0.544. The average molecular weight is 332 g/mol. The van der Waals surface area contributed by atoms with Crippen molar-refractivity contribution in [1.29, 1.82) is 0 Å². The Bertz CT molecular complexity index is 427. The second-order valence-electron chi connectivity index (χ2n) is 5.51. The second kappa shape index (κ2) is 6.31.